The molecule has 1 saturated heterocycles. The van der Waals surface area contributed by atoms with Crippen LogP contribution in [0.15, 0.2) is 35.6 Å². The second-order valence-electron chi connectivity index (χ2n) is 6.80. The molecule has 0 spiro atoms. The Morgan fingerprint density at radius 3 is 2.86 bits per heavy atom. The van der Waals surface area contributed by atoms with E-state index < -0.39 is 0 Å². The molecule has 0 aliphatic carbocycles. The first-order chi connectivity index (χ1) is 13.7. The van der Waals surface area contributed by atoms with Crippen molar-refractivity contribution in [1.82, 2.24) is 4.98 Å². The lowest BCUT2D eigenvalue weighted by molar-refractivity contribution is 0.129. The van der Waals surface area contributed by atoms with Crippen molar-refractivity contribution in [3.8, 4) is 11.5 Å². The highest BCUT2D eigenvalue weighted by Crippen LogP contribution is 2.38. The molecule has 0 radical (unpaired) electrons. The third-order valence-electron chi connectivity index (χ3n) is 4.77. The number of oxime groups is 1. The normalized spacial score (nSPS) is 16.8. The summed E-state index contributed by atoms with van der Waals surface area (Å²) in [7, 11) is 0. The van der Waals surface area contributed by atoms with Crippen molar-refractivity contribution < 1.29 is 14.3 Å². The molecule has 0 bridgehead atoms. The standard InChI is InChI=1S/C20H23ClN4O3/c21-16-10-14(11-17-19(16)27-9-8-26-17)13-28-24-20(22)15-4-5-23-18(12-15)25-6-2-1-3-7-25/h4-5,10-12H,1-3,6-9,13H2,(H2,22,24). The Morgan fingerprint density at radius 1 is 1.18 bits per heavy atom. The summed E-state index contributed by atoms with van der Waals surface area (Å²) in [6.07, 6.45) is 5.41. The number of pyridine rings is 1. The zero-order valence-corrected chi connectivity index (χ0v) is 16.3. The zero-order chi connectivity index (χ0) is 19.3. The summed E-state index contributed by atoms with van der Waals surface area (Å²) in [5.74, 6) is 2.43. The molecule has 0 amide bonds. The zero-order valence-electron chi connectivity index (χ0n) is 15.6. The number of piperidine rings is 1. The molecule has 2 aromatic rings. The van der Waals surface area contributed by atoms with Gasteiger partial charge in [-0.2, -0.15) is 0 Å². The highest BCUT2D eigenvalue weighted by atomic mass is 35.5. The van der Waals surface area contributed by atoms with E-state index >= 15 is 0 Å². The van der Waals surface area contributed by atoms with Gasteiger partial charge in [-0.3, -0.25) is 0 Å². The van der Waals surface area contributed by atoms with E-state index in [0.29, 0.717) is 35.6 Å². The van der Waals surface area contributed by atoms with Gasteiger partial charge in [-0.15, -0.1) is 0 Å². The number of nitrogens with two attached hydrogens (primary N) is 1. The third-order valence-corrected chi connectivity index (χ3v) is 5.05. The van der Waals surface area contributed by atoms with Crippen LogP contribution in [0.3, 0.4) is 0 Å². The molecule has 1 aromatic heterocycles. The topological polar surface area (TPSA) is 82.2 Å². The molecule has 2 aliphatic heterocycles. The van der Waals surface area contributed by atoms with Crippen LogP contribution in [0.4, 0.5) is 5.82 Å². The quantitative estimate of drug-likeness (QED) is 0.469. The Morgan fingerprint density at radius 2 is 2.00 bits per heavy atom. The van der Waals surface area contributed by atoms with E-state index in [-0.39, 0.29) is 6.61 Å². The molecule has 1 aromatic carbocycles. The number of nitrogens with zero attached hydrogens (tertiary/aromatic N) is 3. The van der Waals surface area contributed by atoms with Crippen LogP contribution in [0.1, 0.15) is 30.4 Å². The smallest absolute Gasteiger partial charge is 0.179 e. The van der Waals surface area contributed by atoms with Crippen LogP contribution in [-0.2, 0) is 11.4 Å². The Kier molecular flexibility index (Phi) is 5.71. The lowest BCUT2D eigenvalue weighted by Crippen LogP contribution is -2.30. The number of halogens is 1. The van der Waals surface area contributed by atoms with E-state index in [4.69, 9.17) is 31.6 Å². The van der Waals surface area contributed by atoms with Crippen LogP contribution in [0.25, 0.3) is 0 Å². The number of hydrogen-bond acceptors (Lipinski definition) is 6. The molecular formula is C20H23ClN4O3. The molecule has 2 aliphatic rings. The first kappa shape index (κ1) is 18.7. The number of rotatable bonds is 5. The molecule has 0 atom stereocenters. The minimum atomic E-state index is 0.223. The van der Waals surface area contributed by atoms with Crippen LogP contribution in [0, 0.1) is 0 Å². The lowest BCUT2D eigenvalue weighted by Gasteiger charge is -2.27. The summed E-state index contributed by atoms with van der Waals surface area (Å²) in [6.45, 7) is 3.26. The molecule has 3 heterocycles. The van der Waals surface area contributed by atoms with Crippen molar-refractivity contribution >= 4 is 23.3 Å². The van der Waals surface area contributed by atoms with Crippen molar-refractivity contribution in [1.29, 1.82) is 0 Å². The largest absolute Gasteiger partial charge is 0.486 e. The number of ether oxygens (including phenoxy) is 2. The predicted molar refractivity (Wildman–Crippen MR) is 108 cm³/mol. The number of aromatic nitrogens is 1. The summed E-state index contributed by atoms with van der Waals surface area (Å²) in [5, 5.41) is 4.54. The molecule has 0 unspecified atom stereocenters. The van der Waals surface area contributed by atoms with Crippen LogP contribution in [-0.4, -0.2) is 37.1 Å². The minimum Gasteiger partial charge on any atom is -0.486 e. The van der Waals surface area contributed by atoms with Crippen molar-refractivity contribution in [2.24, 2.45) is 10.9 Å². The summed E-state index contributed by atoms with van der Waals surface area (Å²) in [5.41, 5.74) is 7.72. The van der Waals surface area contributed by atoms with Gasteiger partial charge in [0.25, 0.3) is 0 Å². The number of amidine groups is 1. The Labute approximate surface area is 169 Å². The maximum atomic E-state index is 6.24. The molecule has 0 saturated carbocycles. The lowest BCUT2D eigenvalue weighted by atomic mass is 10.1. The Balaban J connectivity index is 1.42. The van der Waals surface area contributed by atoms with Crippen LogP contribution < -0.4 is 20.1 Å². The van der Waals surface area contributed by atoms with Crippen molar-refractivity contribution in [2.45, 2.75) is 25.9 Å². The van der Waals surface area contributed by atoms with E-state index in [1.807, 2.05) is 18.2 Å². The van der Waals surface area contributed by atoms with Gasteiger partial charge < -0.3 is 24.9 Å². The maximum absolute atomic E-state index is 6.24. The number of hydrogen-bond donors (Lipinski definition) is 1. The van der Waals surface area contributed by atoms with Gasteiger partial charge in [-0.25, -0.2) is 4.98 Å². The van der Waals surface area contributed by atoms with E-state index in [2.05, 4.69) is 15.0 Å². The van der Waals surface area contributed by atoms with Gasteiger partial charge in [-0.05, 0) is 49.1 Å². The Hall–Kier alpha value is -2.67. The van der Waals surface area contributed by atoms with Crippen molar-refractivity contribution in [3.05, 3.63) is 46.6 Å². The van der Waals surface area contributed by atoms with Crippen LogP contribution in [0.5, 0.6) is 11.5 Å². The van der Waals surface area contributed by atoms with Gasteiger partial charge in [0.15, 0.2) is 17.3 Å². The number of fused-ring (bicyclic) bond motifs is 1. The van der Waals surface area contributed by atoms with E-state index in [0.717, 1.165) is 30.0 Å². The molecule has 8 heteroatoms. The molecule has 148 valence electrons. The second-order valence-corrected chi connectivity index (χ2v) is 7.21. The summed E-state index contributed by atoms with van der Waals surface area (Å²) < 4.78 is 11.1. The molecule has 4 rings (SSSR count). The fraction of sp³-hybridized carbons (Fsp3) is 0.400. The van der Waals surface area contributed by atoms with Gasteiger partial charge in [-0.1, -0.05) is 16.8 Å². The van der Waals surface area contributed by atoms with Crippen molar-refractivity contribution in [2.75, 3.05) is 31.2 Å². The van der Waals surface area contributed by atoms with Gasteiger partial charge in [0.05, 0.1) is 5.02 Å². The van der Waals surface area contributed by atoms with Gasteiger partial charge >= 0.3 is 0 Å². The second kappa shape index (κ2) is 8.56. The molecule has 1 fully saturated rings. The summed E-state index contributed by atoms with van der Waals surface area (Å²) in [6, 6.07) is 7.40. The average Bonchev–Trinajstić information content (AvgIpc) is 2.74. The Bertz CT molecular complexity index is 869. The number of benzene rings is 1. The molecule has 7 nitrogen and oxygen atoms in total. The van der Waals surface area contributed by atoms with E-state index in [1.54, 1.807) is 12.3 Å². The van der Waals surface area contributed by atoms with Crippen LogP contribution in [0.2, 0.25) is 5.02 Å². The summed E-state index contributed by atoms with van der Waals surface area (Å²) >= 11 is 6.24. The number of anilines is 1. The highest BCUT2D eigenvalue weighted by Gasteiger charge is 2.17. The molecule has 28 heavy (non-hydrogen) atoms. The SMILES string of the molecule is NC(=NOCc1cc(Cl)c2c(c1)OCCO2)c1ccnc(N2CCCCC2)c1. The van der Waals surface area contributed by atoms with Gasteiger partial charge in [0.2, 0.25) is 0 Å². The van der Waals surface area contributed by atoms with Gasteiger partial charge in [0, 0.05) is 24.8 Å². The van der Waals surface area contributed by atoms with Gasteiger partial charge in [0.1, 0.15) is 25.6 Å². The van der Waals surface area contributed by atoms with E-state index in [1.165, 1.54) is 19.3 Å². The fourth-order valence-electron chi connectivity index (χ4n) is 3.35. The molecular weight excluding hydrogens is 380 g/mol. The average molecular weight is 403 g/mol. The minimum absolute atomic E-state index is 0.223. The fourth-order valence-corrected chi connectivity index (χ4v) is 3.64. The third kappa shape index (κ3) is 4.25. The van der Waals surface area contributed by atoms with Crippen LogP contribution >= 0.6 is 11.6 Å². The monoisotopic (exact) mass is 402 g/mol. The maximum Gasteiger partial charge on any atom is 0.179 e. The first-order valence-electron chi connectivity index (χ1n) is 9.45. The summed E-state index contributed by atoms with van der Waals surface area (Å²) in [4.78, 5) is 12.2. The predicted octanol–water partition coefficient (Wildman–Crippen LogP) is 3.33. The van der Waals surface area contributed by atoms with E-state index in [9.17, 15) is 0 Å². The molecule has 2 N–H and O–H groups in total. The highest BCUT2D eigenvalue weighted by molar-refractivity contribution is 6.32. The van der Waals surface area contributed by atoms with Crippen molar-refractivity contribution in [3.63, 3.8) is 0 Å². The first-order valence-corrected chi connectivity index (χ1v) is 9.83.